The second-order valence-electron chi connectivity index (χ2n) is 7.93. The Morgan fingerprint density at radius 1 is 0.939 bits per heavy atom. The van der Waals surface area contributed by atoms with Crippen LogP contribution in [-0.4, -0.2) is 44.1 Å². The van der Waals surface area contributed by atoms with Gasteiger partial charge in [-0.25, -0.2) is 0 Å². The Morgan fingerprint density at radius 2 is 1.73 bits per heavy atom. The third kappa shape index (κ3) is 5.45. The van der Waals surface area contributed by atoms with Crippen molar-refractivity contribution >= 4 is 11.6 Å². The molecular formula is C27H27N3O3. The van der Waals surface area contributed by atoms with Crippen LogP contribution < -0.4 is 14.4 Å². The summed E-state index contributed by atoms with van der Waals surface area (Å²) in [6.07, 6.45) is 0.876. The van der Waals surface area contributed by atoms with Gasteiger partial charge < -0.3 is 19.3 Å². The summed E-state index contributed by atoms with van der Waals surface area (Å²) in [4.78, 5) is 17.4. The van der Waals surface area contributed by atoms with Gasteiger partial charge in [-0.3, -0.25) is 4.79 Å². The molecule has 1 aliphatic rings. The molecule has 0 radical (unpaired) electrons. The number of methoxy groups -OCH3 is 1. The van der Waals surface area contributed by atoms with Crippen LogP contribution in [0.15, 0.2) is 72.8 Å². The van der Waals surface area contributed by atoms with Crippen molar-refractivity contribution in [2.75, 3.05) is 38.2 Å². The molecule has 0 aromatic heterocycles. The maximum atomic E-state index is 13.2. The van der Waals surface area contributed by atoms with Gasteiger partial charge in [0.25, 0.3) is 5.91 Å². The van der Waals surface area contributed by atoms with Crippen molar-refractivity contribution in [1.82, 2.24) is 4.90 Å². The molecule has 1 aliphatic heterocycles. The SMILES string of the molecule is COc1cc(C(=O)N2CCCN(c3ccc(C#N)cc3)CC2)ccc1OCc1ccccc1. The predicted octanol–water partition coefficient (Wildman–Crippen LogP) is 4.50. The number of rotatable bonds is 6. The lowest BCUT2D eigenvalue weighted by Crippen LogP contribution is -2.35. The number of carbonyl (C=O) groups excluding carboxylic acids is 1. The molecule has 1 heterocycles. The molecule has 6 nitrogen and oxygen atoms in total. The van der Waals surface area contributed by atoms with Crippen LogP contribution >= 0.6 is 0 Å². The van der Waals surface area contributed by atoms with Gasteiger partial charge in [0.15, 0.2) is 11.5 Å². The average Bonchev–Trinajstić information content (AvgIpc) is 3.14. The first-order valence-corrected chi connectivity index (χ1v) is 11.1. The van der Waals surface area contributed by atoms with Crippen molar-refractivity contribution < 1.29 is 14.3 Å². The molecule has 1 amide bonds. The van der Waals surface area contributed by atoms with Crippen LogP contribution in [0.4, 0.5) is 5.69 Å². The molecule has 0 aliphatic carbocycles. The Bertz CT molecular complexity index is 1120. The Hall–Kier alpha value is -3.98. The van der Waals surface area contributed by atoms with Crippen molar-refractivity contribution in [1.29, 1.82) is 5.26 Å². The zero-order chi connectivity index (χ0) is 23.0. The molecule has 0 bridgehead atoms. The van der Waals surface area contributed by atoms with E-state index in [1.165, 1.54) is 0 Å². The topological polar surface area (TPSA) is 65.8 Å². The van der Waals surface area contributed by atoms with E-state index in [-0.39, 0.29) is 5.91 Å². The summed E-state index contributed by atoms with van der Waals surface area (Å²) in [5.41, 5.74) is 3.38. The molecule has 0 atom stereocenters. The minimum absolute atomic E-state index is 0.00964. The van der Waals surface area contributed by atoms with Crippen LogP contribution in [0.2, 0.25) is 0 Å². The first kappa shape index (κ1) is 22.2. The lowest BCUT2D eigenvalue weighted by Gasteiger charge is -2.24. The molecule has 3 aromatic carbocycles. The molecule has 0 unspecified atom stereocenters. The fraction of sp³-hybridized carbons (Fsp3) is 0.259. The minimum atomic E-state index is -0.00964. The number of hydrogen-bond acceptors (Lipinski definition) is 5. The van der Waals surface area contributed by atoms with Crippen molar-refractivity contribution in [3.8, 4) is 17.6 Å². The summed E-state index contributed by atoms with van der Waals surface area (Å²) in [6.45, 7) is 3.37. The molecule has 3 aromatic rings. The van der Waals surface area contributed by atoms with Gasteiger partial charge in [-0.1, -0.05) is 30.3 Å². The van der Waals surface area contributed by atoms with E-state index in [1.807, 2.05) is 59.5 Å². The molecule has 1 fully saturated rings. The molecule has 4 rings (SSSR count). The summed E-state index contributed by atoms with van der Waals surface area (Å²) in [5.74, 6) is 1.15. The van der Waals surface area contributed by atoms with E-state index in [0.29, 0.717) is 42.3 Å². The maximum absolute atomic E-state index is 13.2. The van der Waals surface area contributed by atoms with Gasteiger partial charge in [-0.05, 0) is 54.4 Å². The van der Waals surface area contributed by atoms with E-state index in [2.05, 4.69) is 11.0 Å². The molecule has 1 saturated heterocycles. The van der Waals surface area contributed by atoms with Gasteiger partial charge in [0.2, 0.25) is 0 Å². The Kier molecular flexibility index (Phi) is 7.11. The standard InChI is InChI=1S/C27H27N3O3/c1-32-26-18-23(10-13-25(26)33-20-22-6-3-2-4-7-22)27(31)30-15-5-14-29(16-17-30)24-11-8-21(19-28)9-12-24/h2-4,6-13,18H,5,14-17,20H2,1H3. The second-order valence-corrected chi connectivity index (χ2v) is 7.93. The highest BCUT2D eigenvalue weighted by Gasteiger charge is 2.22. The van der Waals surface area contributed by atoms with E-state index >= 15 is 0 Å². The van der Waals surface area contributed by atoms with Crippen LogP contribution in [0.5, 0.6) is 11.5 Å². The van der Waals surface area contributed by atoms with E-state index in [0.717, 1.165) is 30.8 Å². The van der Waals surface area contributed by atoms with Crippen LogP contribution in [0.25, 0.3) is 0 Å². The molecular weight excluding hydrogens is 414 g/mol. The minimum Gasteiger partial charge on any atom is -0.493 e. The smallest absolute Gasteiger partial charge is 0.254 e. The highest BCUT2D eigenvalue weighted by Crippen LogP contribution is 2.29. The fourth-order valence-electron chi connectivity index (χ4n) is 3.96. The second kappa shape index (κ2) is 10.6. The summed E-state index contributed by atoms with van der Waals surface area (Å²) in [6, 6.07) is 25.0. The quantitative estimate of drug-likeness (QED) is 0.564. The monoisotopic (exact) mass is 441 g/mol. The molecule has 0 N–H and O–H groups in total. The molecule has 168 valence electrons. The fourth-order valence-corrected chi connectivity index (χ4v) is 3.96. The lowest BCUT2D eigenvalue weighted by molar-refractivity contribution is 0.0766. The number of ether oxygens (including phenoxy) is 2. The normalized spacial score (nSPS) is 13.7. The summed E-state index contributed by atoms with van der Waals surface area (Å²) in [7, 11) is 1.58. The van der Waals surface area contributed by atoms with E-state index in [9.17, 15) is 4.79 Å². The predicted molar refractivity (Wildman–Crippen MR) is 128 cm³/mol. The molecule has 33 heavy (non-hydrogen) atoms. The lowest BCUT2D eigenvalue weighted by atomic mass is 10.1. The number of anilines is 1. The highest BCUT2D eigenvalue weighted by atomic mass is 16.5. The number of nitrogens with zero attached hydrogens (tertiary/aromatic N) is 3. The van der Waals surface area contributed by atoms with Gasteiger partial charge >= 0.3 is 0 Å². The number of nitriles is 1. The van der Waals surface area contributed by atoms with Crippen LogP contribution in [0.3, 0.4) is 0 Å². The van der Waals surface area contributed by atoms with E-state index in [4.69, 9.17) is 14.7 Å². The highest BCUT2D eigenvalue weighted by molar-refractivity contribution is 5.95. The van der Waals surface area contributed by atoms with Crippen molar-refractivity contribution in [3.63, 3.8) is 0 Å². The van der Waals surface area contributed by atoms with Gasteiger partial charge in [0, 0.05) is 37.4 Å². The number of carbonyl (C=O) groups is 1. The van der Waals surface area contributed by atoms with Crippen LogP contribution in [0, 0.1) is 11.3 Å². The van der Waals surface area contributed by atoms with E-state index < -0.39 is 0 Å². The number of hydrogen-bond donors (Lipinski definition) is 0. The van der Waals surface area contributed by atoms with Gasteiger partial charge in [0.1, 0.15) is 6.61 Å². The third-order valence-corrected chi connectivity index (χ3v) is 5.79. The van der Waals surface area contributed by atoms with Crippen molar-refractivity contribution in [2.45, 2.75) is 13.0 Å². The Labute approximate surface area is 194 Å². The van der Waals surface area contributed by atoms with Gasteiger partial charge in [-0.2, -0.15) is 5.26 Å². The zero-order valence-corrected chi connectivity index (χ0v) is 18.7. The van der Waals surface area contributed by atoms with Crippen LogP contribution in [0.1, 0.15) is 27.9 Å². The van der Waals surface area contributed by atoms with E-state index in [1.54, 1.807) is 25.3 Å². The largest absolute Gasteiger partial charge is 0.493 e. The van der Waals surface area contributed by atoms with Gasteiger partial charge in [-0.15, -0.1) is 0 Å². The maximum Gasteiger partial charge on any atom is 0.254 e. The number of amides is 1. The van der Waals surface area contributed by atoms with Gasteiger partial charge in [0.05, 0.1) is 18.7 Å². The van der Waals surface area contributed by atoms with Crippen LogP contribution in [-0.2, 0) is 6.61 Å². The number of benzene rings is 3. The van der Waals surface area contributed by atoms with Crippen molar-refractivity contribution in [2.24, 2.45) is 0 Å². The average molecular weight is 442 g/mol. The molecule has 0 saturated carbocycles. The molecule has 0 spiro atoms. The van der Waals surface area contributed by atoms with Crippen molar-refractivity contribution in [3.05, 3.63) is 89.5 Å². The Morgan fingerprint density at radius 3 is 2.45 bits per heavy atom. The first-order valence-electron chi connectivity index (χ1n) is 11.1. The zero-order valence-electron chi connectivity index (χ0n) is 18.7. The molecule has 6 heteroatoms. The summed E-state index contributed by atoms with van der Waals surface area (Å²) < 4.78 is 11.4. The Balaban J connectivity index is 1.41. The summed E-state index contributed by atoms with van der Waals surface area (Å²) >= 11 is 0. The summed E-state index contributed by atoms with van der Waals surface area (Å²) in [5, 5.41) is 9.00. The first-order chi connectivity index (χ1) is 16.2. The third-order valence-electron chi connectivity index (χ3n) is 5.79.